The number of aliphatic hydroxyl groups is 1. The molecule has 0 radical (unpaired) electrons. The number of rotatable bonds is 9. The maximum absolute atomic E-state index is 11.2. The summed E-state index contributed by atoms with van der Waals surface area (Å²) in [6.07, 6.45) is 0.0635. The van der Waals surface area contributed by atoms with Crippen LogP contribution in [0.3, 0.4) is 0 Å². The number of aliphatic carboxylic acids is 1. The average Bonchev–Trinajstić information content (AvgIpc) is 2.36. The predicted molar refractivity (Wildman–Crippen MR) is 64.5 cm³/mol. The van der Waals surface area contributed by atoms with Crippen molar-refractivity contribution >= 4 is 17.9 Å². The first-order valence-corrected chi connectivity index (χ1v) is 5.65. The van der Waals surface area contributed by atoms with E-state index in [4.69, 9.17) is 14.9 Å². The number of methoxy groups -OCH3 is 1. The van der Waals surface area contributed by atoms with Crippen molar-refractivity contribution in [1.82, 2.24) is 16.0 Å². The van der Waals surface area contributed by atoms with Crippen LogP contribution in [0.5, 0.6) is 0 Å². The van der Waals surface area contributed by atoms with Crippen molar-refractivity contribution in [3.8, 4) is 0 Å². The third-order valence-corrected chi connectivity index (χ3v) is 2.05. The van der Waals surface area contributed by atoms with Gasteiger partial charge in [0.1, 0.15) is 0 Å². The molecule has 3 amide bonds. The molecule has 1 atom stereocenters. The number of hydrogen-bond donors (Lipinski definition) is 5. The Labute approximate surface area is 110 Å². The second-order valence-corrected chi connectivity index (χ2v) is 3.57. The smallest absolute Gasteiger partial charge is 0.328 e. The molecule has 0 fully saturated rings. The molecule has 0 saturated carbocycles. The van der Waals surface area contributed by atoms with Gasteiger partial charge in [0.05, 0.1) is 13.2 Å². The van der Waals surface area contributed by atoms with Crippen LogP contribution in [0.2, 0.25) is 0 Å². The van der Waals surface area contributed by atoms with Gasteiger partial charge >= 0.3 is 12.0 Å². The summed E-state index contributed by atoms with van der Waals surface area (Å²) in [5.41, 5.74) is 0. The van der Waals surface area contributed by atoms with E-state index in [2.05, 4.69) is 10.6 Å². The van der Waals surface area contributed by atoms with Crippen LogP contribution in [0.25, 0.3) is 0 Å². The van der Waals surface area contributed by atoms with Gasteiger partial charge in [-0.2, -0.15) is 0 Å². The van der Waals surface area contributed by atoms with Crippen molar-refractivity contribution in [3.05, 3.63) is 0 Å². The van der Waals surface area contributed by atoms with Gasteiger partial charge < -0.3 is 30.9 Å². The Balaban J connectivity index is 3.73. The van der Waals surface area contributed by atoms with Gasteiger partial charge in [-0.05, 0) is 0 Å². The van der Waals surface area contributed by atoms with Crippen molar-refractivity contribution in [3.63, 3.8) is 0 Å². The molecule has 0 aromatic rings. The standard InChI is InChI=1S/C10H19N3O6/c1-19-5-4-11-8(15)2-3-12-10(18)13-7(6-14)9(16)17/h7,14H,2-6H2,1H3,(H,11,15)(H,16,17)(H2,12,13,18). The molecule has 0 saturated heterocycles. The Morgan fingerprint density at radius 2 is 1.89 bits per heavy atom. The first kappa shape index (κ1) is 17.1. The SMILES string of the molecule is COCCNC(=O)CCNC(=O)NC(CO)C(=O)O. The van der Waals surface area contributed by atoms with E-state index >= 15 is 0 Å². The van der Waals surface area contributed by atoms with Crippen LogP contribution in [0.1, 0.15) is 6.42 Å². The van der Waals surface area contributed by atoms with Crippen molar-refractivity contribution in [1.29, 1.82) is 0 Å². The highest BCUT2D eigenvalue weighted by molar-refractivity contribution is 5.83. The number of ether oxygens (including phenoxy) is 1. The lowest BCUT2D eigenvalue weighted by Crippen LogP contribution is -2.48. The highest BCUT2D eigenvalue weighted by Gasteiger charge is 2.18. The van der Waals surface area contributed by atoms with Crippen molar-refractivity contribution in [2.24, 2.45) is 0 Å². The number of carboxylic acid groups (broad SMARTS) is 1. The van der Waals surface area contributed by atoms with E-state index in [0.29, 0.717) is 13.2 Å². The predicted octanol–water partition coefficient (Wildman–Crippen LogP) is -2.12. The molecule has 0 bridgehead atoms. The Kier molecular flexibility index (Phi) is 9.10. The van der Waals surface area contributed by atoms with Crippen LogP contribution >= 0.6 is 0 Å². The summed E-state index contributed by atoms with van der Waals surface area (Å²) in [5.74, 6) is -1.59. The number of carbonyl (C=O) groups is 3. The van der Waals surface area contributed by atoms with Crippen LogP contribution in [0.4, 0.5) is 4.79 Å². The molecule has 9 nitrogen and oxygen atoms in total. The number of urea groups is 1. The average molecular weight is 277 g/mol. The first-order chi connectivity index (χ1) is 9.01. The molecule has 0 heterocycles. The van der Waals surface area contributed by atoms with Crippen molar-refractivity contribution in [2.75, 3.05) is 33.4 Å². The largest absolute Gasteiger partial charge is 0.480 e. The Hall–Kier alpha value is -1.87. The zero-order valence-corrected chi connectivity index (χ0v) is 10.6. The summed E-state index contributed by atoms with van der Waals surface area (Å²) in [7, 11) is 1.51. The maximum atomic E-state index is 11.2. The summed E-state index contributed by atoms with van der Waals surface area (Å²) in [5, 5.41) is 24.2. The number of carbonyl (C=O) groups excluding carboxylic acids is 2. The Morgan fingerprint density at radius 3 is 2.42 bits per heavy atom. The van der Waals surface area contributed by atoms with Gasteiger partial charge in [-0.1, -0.05) is 0 Å². The molecule has 9 heteroatoms. The second kappa shape index (κ2) is 10.1. The van der Waals surface area contributed by atoms with Gasteiger partial charge in [0.2, 0.25) is 5.91 Å². The topological polar surface area (TPSA) is 137 Å². The van der Waals surface area contributed by atoms with Crippen LogP contribution in [-0.2, 0) is 14.3 Å². The van der Waals surface area contributed by atoms with E-state index in [1.54, 1.807) is 0 Å². The molecule has 0 aromatic heterocycles. The van der Waals surface area contributed by atoms with E-state index < -0.39 is 24.6 Å². The highest BCUT2D eigenvalue weighted by atomic mass is 16.5. The molecule has 0 aromatic carbocycles. The van der Waals surface area contributed by atoms with Gasteiger partial charge in [-0.15, -0.1) is 0 Å². The minimum Gasteiger partial charge on any atom is -0.480 e. The lowest BCUT2D eigenvalue weighted by atomic mass is 10.3. The number of nitrogens with one attached hydrogen (secondary N) is 3. The molecule has 0 aliphatic carbocycles. The minimum atomic E-state index is -1.37. The summed E-state index contributed by atoms with van der Waals surface area (Å²) >= 11 is 0. The molecule has 110 valence electrons. The third-order valence-electron chi connectivity index (χ3n) is 2.05. The van der Waals surface area contributed by atoms with E-state index in [0.717, 1.165) is 0 Å². The van der Waals surface area contributed by atoms with Gasteiger partial charge in [0, 0.05) is 26.6 Å². The minimum absolute atomic E-state index is 0.0580. The van der Waals surface area contributed by atoms with Crippen LogP contribution in [-0.4, -0.2) is 67.6 Å². The third kappa shape index (κ3) is 8.80. The molecular weight excluding hydrogens is 258 g/mol. The molecule has 0 aliphatic heterocycles. The number of amides is 3. The molecule has 0 aliphatic rings. The number of hydrogen-bond acceptors (Lipinski definition) is 5. The van der Waals surface area contributed by atoms with E-state index in [9.17, 15) is 14.4 Å². The van der Waals surface area contributed by atoms with Crippen LogP contribution in [0, 0.1) is 0 Å². The number of carboxylic acids is 1. The van der Waals surface area contributed by atoms with E-state index in [1.807, 2.05) is 5.32 Å². The van der Waals surface area contributed by atoms with Gasteiger partial charge in [-0.25, -0.2) is 9.59 Å². The Morgan fingerprint density at radius 1 is 1.21 bits per heavy atom. The van der Waals surface area contributed by atoms with E-state index in [1.165, 1.54) is 7.11 Å². The van der Waals surface area contributed by atoms with Gasteiger partial charge in [-0.3, -0.25) is 4.79 Å². The van der Waals surface area contributed by atoms with Crippen LogP contribution in [0.15, 0.2) is 0 Å². The zero-order chi connectivity index (χ0) is 14.7. The summed E-state index contributed by atoms with van der Waals surface area (Å²) in [4.78, 5) is 32.9. The molecule has 0 spiro atoms. The van der Waals surface area contributed by atoms with E-state index in [-0.39, 0.29) is 18.9 Å². The van der Waals surface area contributed by atoms with Gasteiger partial charge in [0.25, 0.3) is 0 Å². The fraction of sp³-hybridized carbons (Fsp3) is 0.700. The van der Waals surface area contributed by atoms with Crippen molar-refractivity contribution in [2.45, 2.75) is 12.5 Å². The normalized spacial score (nSPS) is 11.5. The maximum Gasteiger partial charge on any atom is 0.328 e. The molecule has 5 N–H and O–H groups in total. The number of aliphatic hydroxyl groups excluding tert-OH is 1. The lowest BCUT2D eigenvalue weighted by Gasteiger charge is -2.12. The molecule has 1 unspecified atom stereocenters. The summed E-state index contributed by atoms with van der Waals surface area (Å²) < 4.78 is 4.74. The fourth-order valence-corrected chi connectivity index (χ4v) is 1.07. The second-order valence-electron chi connectivity index (χ2n) is 3.57. The highest BCUT2D eigenvalue weighted by Crippen LogP contribution is 1.83. The quantitative estimate of drug-likeness (QED) is 0.306. The van der Waals surface area contributed by atoms with Crippen LogP contribution < -0.4 is 16.0 Å². The molecule has 0 rings (SSSR count). The first-order valence-electron chi connectivity index (χ1n) is 5.65. The van der Waals surface area contributed by atoms with Crippen molar-refractivity contribution < 1.29 is 29.3 Å². The zero-order valence-electron chi connectivity index (χ0n) is 10.6. The lowest BCUT2D eigenvalue weighted by molar-refractivity contribution is -0.140. The molecule has 19 heavy (non-hydrogen) atoms. The summed E-state index contributed by atoms with van der Waals surface area (Å²) in [6, 6.07) is -2.12. The monoisotopic (exact) mass is 277 g/mol. The summed E-state index contributed by atoms with van der Waals surface area (Å²) in [6.45, 7) is 0.131. The van der Waals surface area contributed by atoms with Gasteiger partial charge in [0.15, 0.2) is 6.04 Å². The fourth-order valence-electron chi connectivity index (χ4n) is 1.07. The Bertz CT molecular complexity index is 310. The molecular formula is C10H19N3O6.